The van der Waals surface area contributed by atoms with Crippen molar-refractivity contribution in [3.63, 3.8) is 0 Å². The van der Waals surface area contributed by atoms with Gasteiger partial charge in [-0.15, -0.1) is 0 Å². The summed E-state index contributed by atoms with van der Waals surface area (Å²) < 4.78 is 0. The van der Waals surface area contributed by atoms with Gasteiger partial charge in [0, 0.05) is 12.7 Å². The van der Waals surface area contributed by atoms with Gasteiger partial charge in [-0.3, -0.25) is 9.59 Å². The van der Waals surface area contributed by atoms with Crippen LogP contribution in [0.3, 0.4) is 0 Å². The predicted molar refractivity (Wildman–Crippen MR) is 65.4 cm³/mol. The molecule has 0 unspecified atom stereocenters. The van der Waals surface area contributed by atoms with E-state index in [1.165, 1.54) is 31.3 Å². The molecule has 0 heterocycles. The lowest BCUT2D eigenvalue weighted by Crippen LogP contribution is -2.41. The highest BCUT2D eigenvalue weighted by Crippen LogP contribution is 2.14. The topological polar surface area (TPSA) is 111 Å². The third kappa shape index (κ3) is 3.54. The van der Waals surface area contributed by atoms with E-state index in [2.05, 4.69) is 5.32 Å². The zero-order valence-electron chi connectivity index (χ0n) is 10.1. The zero-order valence-corrected chi connectivity index (χ0v) is 10.1. The first kappa shape index (κ1) is 14.2. The third-order valence-electron chi connectivity index (χ3n) is 2.33. The Morgan fingerprint density at radius 1 is 1.32 bits per heavy atom. The van der Waals surface area contributed by atoms with Gasteiger partial charge in [-0.05, 0) is 24.3 Å². The number of likely N-dealkylation sites (N-methyl/N-ethyl adjacent to an activating group) is 1. The summed E-state index contributed by atoms with van der Waals surface area (Å²) in [6.45, 7) is -0.254. The van der Waals surface area contributed by atoms with Gasteiger partial charge in [-0.1, -0.05) is 0 Å². The Hall–Kier alpha value is -2.88. The summed E-state index contributed by atoms with van der Waals surface area (Å²) in [4.78, 5) is 34.7. The molecule has 1 aromatic rings. The highest BCUT2D eigenvalue weighted by Gasteiger charge is 2.19. The summed E-state index contributed by atoms with van der Waals surface area (Å²) in [7, 11) is 1.38. The molecule has 0 radical (unpaired) electrons. The molecule has 0 fully saturated rings. The Labute approximate surface area is 109 Å². The minimum absolute atomic E-state index is 0.0820. The van der Waals surface area contributed by atoms with E-state index in [4.69, 9.17) is 10.4 Å². The monoisotopic (exact) mass is 261 g/mol. The largest absolute Gasteiger partial charge is 0.478 e. The van der Waals surface area contributed by atoms with Crippen molar-refractivity contribution >= 4 is 23.5 Å². The maximum Gasteiger partial charge on any atom is 0.335 e. The Balaban J connectivity index is 2.80. The van der Waals surface area contributed by atoms with Crippen LogP contribution in [0.2, 0.25) is 0 Å². The number of rotatable bonds is 3. The normalized spacial score (nSPS) is 9.26. The highest BCUT2D eigenvalue weighted by atomic mass is 16.4. The lowest BCUT2D eigenvalue weighted by Gasteiger charge is -2.16. The van der Waals surface area contributed by atoms with Gasteiger partial charge in [0.15, 0.2) is 0 Å². The fraction of sp³-hybridized carbons (Fsp3) is 0.167. The molecule has 98 valence electrons. The number of nitriles is 1. The van der Waals surface area contributed by atoms with Crippen molar-refractivity contribution in [1.29, 1.82) is 5.26 Å². The first-order valence-corrected chi connectivity index (χ1v) is 5.23. The fourth-order valence-electron chi connectivity index (χ4n) is 1.29. The van der Waals surface area contributed by atoms with E-state index in [-0.39, 0.29) is 12.1 Å². The zero-order chi connectivity index (χ0) is 14.4. The second-order valence-corrected chi connectivity index (χ2v) is 3.56. The molecule has 0 aromatic heterocycles. The molecular formula is C12H11N3O4. The average molecular weight is 261 g/mol. The minimum atomic E-state index is -1.08. The number of hydrogen-bond donors (Lipinski definition) is 2. The molecule has 2 N–H and O–H groups in total. The molecule has 0 aliphatic heterocycles. The predicted octanol–water partition coefficient (Wildman–Crippen LogP) is -0.0126. The smallest absolute Gasteiger partial charge is 0.335 e. The van der Waals surface area contributed by atoms with Crippen LogP contribution in [0.15, 0.2) is 24.3 Å². The molecule has 1 rings (SSSR count). The molecule has 0 bridgehead atoms. The van der Waals surface area contributed by atoms with Crippen LogP contribution in [0.1, 0.15) is 10.4 Å². The summed E-state index contributed by atoms with van der Waals surface area (Å²) in [6, 6.07) is 7.17. The number of nitrogens with zero attached hydrogens (tertiary/aromatic N) is 2. The number of carboxylic acids is 1. The van der Waals surface area contributed by atoms with Gasteiger partial charge in [0.1, 0.15) is 6.54 Å². The van der Waals surface area contributed by atoms with E-state index in [1.807, 2.05) is 0 Å². The number of anilines is 1. The van der Waals surface area contributed by atoms with E-state index >= 15 is 0 Å². The van der Waals surface area contributed by atoms with Crippen LogP contribution in [0.4, 0.5) is 5.69 Å². The molecule has 7 nitrogen and oxygen atoms in total. The number of benzene rings is 1. The van der Waals surface area contributed by atoms with Crippen molar-refractivity contribution < 1.29 is 19.5 Å². The lowest BCUT2D eigenvalue weighted by atomic mass is 10.2. The molecule has 0 atom stereocenters. The van der Waals surface area contributed by atoms with Crippen molar-refractivity contribution in [3.8, 4) is 6.07 Å². The SMILES string of the molecule is CN(C(=O)C(=O)NCC#N)c1ccc(C(=O)O)cc1. The molecule has 2 amide bonds. The second-order valence-electron chi connectivity index (χ2n) is 3.56. The standard InChI is InChI=1S/C12H11N3O4/c1-15(11(17)10(16)14-7-6-13)9-4-2-8(3-5-9)12(18)19/h2-5H,7H2,1H3,(H,14,16)(H,18,19). The molecule has 0 saturated heterocycles. The number of nitrogens with one attached hydrogen (secondary N) is 1. The van der Waals surface area contributed by atoms with Gasteiger partial charge >= 0.3 is 17.8 Å². The van der Waals surface area contributed by atoms with Crippen molar-refractivity contribution in [3.05, 3.63) is 29.8 Å². The van der Waals surface area contributed by atoms with Gasteiger partial charge < -0.3 is 15.3 Å². The van der Waals surface area contributed by atoms with E-state index in [0.29, 0.717) is 5.69 Å². The van der Waals surface area contributed by atoms with E-state index < -0.39 is 17.8 Å². The maximum absolute atomic E-state index is 11.7. The van der Waals surface area contributed by atoms with Crippen LogP contribution in [-0.2, 0) is 9.59 Å². The Kier molecular flexibility index (Phi) is 4.60. The van der Waals surface area contributed by atoms with Crippen LogP contribution < -0.4 is 10.2 Å². The summed E-state index contributed by atoms with van der Waals surface area (Å²) in [5, 5.41) is 19.2. The molecule has 7 heteroatoms. The van der Waals surface area contributed by atoms with Crippen LogP contribution in [0.25, 0.3) is 0 Å². The van der Waals surface area contributed by atoms with Gasteiger partial charge in [0.05, 0.1) is 11.6 Å². The van der Waals surface area contributed by atoms with Gasteiger partial charge in [-0.25, -0.2) is 4.79 Å². The van der Waals surface area contributed by atoms with E-state index in [9.17, 15) is 14.4 Å². The number of hydrogen-bond acceptors (Lipinski definition) is 4. The van der Waals surface area contributed by atoms with E-state index in [1.54, 1.807) is 6.07 Å². The van der Waals surface area contributed by atoms with Gasteiger partial charge in [0.25, 0.3) is 0 Å². The third-order valence-corrected chi connectivity index (χ3v) is 2.33. The summed E-state index contributed by atoms with van der Waals surface area (Å²) in [5.74, 6) is -2.81. The molecule has 0 spiro atoms. The number of carboxylic acid groups (broad SMARTS) is 1. The molecule has 0 aliphatic rings. The summed E-state index contributed by atoms with van der Waals surface area (Å²) in [5.41, 5.74) is 0.459. The number of carbonyl (C=O) groups excluding carboxylic acids is 2. The Morgan fingerprint density at radius 2 is 1.89 bits per heavy atom. The molecule has 0 aliphatic carbocycles. The number of aromatic carboxylic acids is 1. The van der Waals surface area contributed by atoms with Crippen molar-refractivity contribution in [2.75, 3.05) is 18.5 Å². The number of amides is 2. The molecule has 1 aromatic carbocycles. The van der Waals surface area contributed by atoms with Crippen molar-refractivity contribution in [2.24, 2.45) is 0 Å². The first-order chi connectivity index (χ1) is 8.97. The van der Waals surface area contributed by atoms with Crippen molar-refractivity contribution in [2.45, 2.75) is 0 Å². The fourth-order valence-corrected chi connectivity index (χ4v) is 1.29. The second kappa shape index (κ2) is 6.16. The number of carbonyl (C=O) groups is 3. The van der Waals surface area contributed by atoms with Crippen LogP contribution >= 0.6 is 0 Å². The van der Waals surface area contributed by atoms with Crippen LogP contribution in [0.5, 0.6) is 0 Å². The Morgan fingerprint density at radius 3 is 2.37 bits per heavy atom. The average Bonchev–Trinajstić information content (AvgIpc) is 2.43. The lowest BCUT2D eigenvalue weighted by molar-refractivity contribution is -0.137. The maximum atomic E-state index is 11.7. The summed E-state index contributed by atoms with van der Waals surface area (Å²) in [6.07, 6.45) is 0. The Bertz CT molecular complexity index is 545. The molecule has 0 saturated carbocycles. The first-order valence-electron chi connectivity index (χ1n) is 5.23. The summed E-state index contributed by atoms with van der Waals surface area (Å²) >= 11 is 0. The van der Waals surface area contributed by atoms with Crippen LogP contribution in [0, 0.1) is 11.3 Å². The van der Waals surface area contributed by atoms with Crippen LogP contribution in [-0.4, -0.2) is 36.5 Å². The molecular weight excluding hydrogens is 250 g/mol. The molecule has 19 heavy (non-hydrogen) atoms. The van der Waals surface area contributed by atoms with Crippen molar-refractivity contribution in [1.82, 2.24) is 5.32 Å². The van der Waals surface area contributed by atoms with E-state index in [0.717, 1.165) is 4.90 Å². The van der Waals surface area contributed by atoms with Gasteiger partial charge in [-0.2, -0.15) is 5.26 Å². The quantitative estimate of drug-likeness (QED) is 0.587. The van der Waals surface area contributed by atoms with Gasteiger partial charge in [0.2, 0.25) is 0 Å². The highest BCUT2D eigenvalue weighted by molar-refractivity contribution is 6.40. The minimum Gasteiger partial charge on any atom is -0.478 e.